The lowest BCUT2D eigenvalue weighted by atomic mass is 10.0. The van der Waals surface area contributed by atoms with Crippen molar-refractivity contribution in [3.05, 3.63) is 182 Å². The van der Waals surface area contributed by atoms with Crippen molar-refractivity contribution >= 4 is 66.2 Å². The molecular formula is C44H31N3S2. The van der Waals surface area contributed by atoms with Crippen LogP contribution in [0.25, 0.3) is 58.8 Å². The number of allylic oxidation sites excluding steroid dienone is 4. The SMILES string of the molecule is C=C/C=C\C=C\c1cccc(-c2ccc(N(c3ccc(-c4nc5ccccc5s4)cc3)c3ccc4nc(-c5ccccc5)sc4c3)cc2)c1. The van der Waals surface area contributed by atoms with Gasteiger partial charge >= 0.3 is 0 Å². The van der Waals surface area contributed by atoms with Gasteiger partial charge in [0.25, 0.3) is 0 Å². The van der Waals surface area contributed by atoms with E-state index in [-0.39, 0.29) is 0 Å². The van der Waals surface area contributed by atoms with Crippen molar-refractivity contribution in [2.24, 2.45) is 0 Å². The topological polar surface area (TPSA) is 29.0 Å². The second-order valence-electron chi connectivity index (χ2n) is 11.6. The molecule has 0 aliphatic heterocycles. The third kappa shape index (κ3) is 6.50. The van der Waals surface area contributed by atoms with Gasteiger partial charge in [-0.05, 0) is 89.5 Å². The van der Waals surface area contributed by atoms with Crippen molar-refractivity contribution in [3.8, 4) is 32.3 Å². The molecule has 0 atom stereocenters. The van der Waals surface area contributed by atoms with E-state index in [1.54, 1.807) is 28.7 Å². The molecule has 0 aliphatic rings. The first-order valence-corrected chi connectivity index (χ1v) is 17.7. The summed E-state index contributed by atoms with van der Waals surface area (Å²) >= 11 is 3.45. The fraction of sp³-hybridized carbons (Fsp3) is 0. The number of hydrogen-bond donors (Lipinski definition) is 0. The monoisotopic (exact) mass is 665 g/mol. The van der Waals surface area contributed by atoms with Crippen LogP contribution in [0.5, 0.6) is 0 Å². The van der Waals surface area contributed by atoms with Gasteiger partial charge in [-0.1, -0.05) is 110 Å². The molecule has 49 heavy (non-hydrogen) atoms. The minimum absolute atomic E-state index is 1.00. The zero-order chi connectivity index (χ0) is 33.0. The molecule has 0 bridgehead atoms. The number of aromatic nitrogens is 2. The molecule has 6 aromatic carbocycles. The highest BCUT2D eigenvalue weighted by molar-refractivity contribution is 7.22. The Balaban J connectivity index is 1.17. The predicted octanol–water partition coefficient (Wildman–Crippen LogP) is 13.1. The van der Waals surface area contributed by atoms with E-state index in [9.17, 15) is 0 Å². The van der Waals surface area contributed by atoms with Gasteiger partial charge in [0.2, 0.25) is 0 Å². The van der Waals surface area contributed by atoms with Crippen LogP contribution in [0.2, 0.25) is 0 Å². The quantitative estimate of drug-likeness (QED) is 0.144. The number of para-hydroxylation sites is 1. The summed E-state index contributed by atoms with van der Waals surface area (Å²) in [6.45, 7) is 3.74. The van der Waals surface area contributed by atoms with Gasteiger partial charge in [0.15, 0.2) is 0 Å². The van der Waals surface area contributed by atoms with Gasteiger partial charge < -0.3 is 4.90 Å². The van der Waals surface area contributed by atoms with Crippen LogP contribution < -0.4 is 4.90 Å². The van der Waals surface area contributed by atoms with Crippen LogP contribution in [0.4, 0.5) is 17.1 Å². The van der Waals surface area contributed by atoms with E-state index in [0.717, 1.165) is 65.1 Å². The number of fused-ring (bicyclic) bond motifs is 2. The Hall–Kier alpha value is -5.88. The largest absolute Gasteiger partial charge is 0.310 e. The summed E-state index contributed by atoms with van der Waals surface area (Å²) in [5.41, 5.74) is 11.0. The van der Waals surface area contributed by atoms with Gasteiger partial charge in [-0.15, -0.1) is 22.7 Å². The van der Waals surface area contributed by atoms with Gasteiger partial charge in [-0.3, -0.25) is 0 Å². The predicted molar refractivity (Wildman–Crippen MR) is 212 cm³/mol. The molecule has 8 aromatic rings. The Morgan fingerprint density at radius 1 is 0.469 bits per heavy atom. The Labute approximate surface area is 294 Å². The van der Waals surface area contributed by atoms with E-state index in [2.05, 4.69) is 151 Å². The zero-order valence-corrected chi connectivity index (χ0v) is 28.2. The second-order valence-corrected chi connectivity index (χ2v) is 13.6. The Morgan fingerprint density at radius 3 is 1.82 bits per heavy atom. The zero-order valence-electron chi connectivity index (χ0n) is 26.6. The summed E-state index contributed by atoms with van der Waals surface area (Å²) in [6, 6.07) is 51.4. The lowest BCUT2D eigenvalue weighted by molar-refractivity contribution is 1.29. The standard InChI is InChI=1S/C44H31N3S2/c1-2-3-4-6-12-31-13-11-16-35(29-31)32-19-23-36(24-20-32)47(37-25-21-34(22-26-37)44-45-39-17-9-10-18-41(39)48-44)38-27-28-40-42(30-38)49-43(46-40)33-14-7-5-8-15-33/h2-30H,1H2/b4-3-,12-6+. The molecule has 0 spiro atoms. The third-order valence-electron chi connectivity index (χ3n) is 8.31. The van der Waals surface area contributed by atoms with E-state index < -0.39 is 0 Å². The number of benzene rings is 6. The molecular weight excluding hydrogens is 635 g/mol. The second kappa shape index (κ2) is 13.7. The molecule has 2 heterocycles. The van der Waals surface area contributed by atoms with Crippen LogP contribution in [0.3, 0.4) is 0 Å². The van der Waals surface area contributed by atoms with E-state index >= 15 is 0 Å². The minimum Gasteiger partial charge on any atom is -0.310 e. The number of rotatable bonds is 9. The highest BCUT2D eigenvalue weighted by Crippen LogP contribution is 2.40. The minimum atomic E-state index is 1.00. The summed E-state index contributed by atoms with van der Waals surface area (Å²) in [6.07, 6.45) is 9.83. The highest BCUT2D eigenvalue weighted by atomic mass is 32.1. The smallest absolute Gasteiger partial charge is 0.124 e. The molecule has 0 saturated carbocycles. The molecule has 2 aromatic heterocycles. The molecule has 0 N–H and O–H groups in total. The molecule has 0 amide bonds. The van der Waals surface area contributed by atoms with Crippen LogP contribution >= 0.6 is 22.7 Å². The maximum atomic E-state index is 4.95. The summed E-state index contributed by atoms with van der Waals surface area (Å²) in [5, 5.41) is 2.05. The van der Waals surface area contributed by atoms with Gasteiger partial charge in [-0.25, -0.2) is 9.97 Å². The molecule has 0 radical (unpaired) electrons. The Morgan fingerprint density at radius 2 is 1.08 bits per heavy atom. The van der Waals surface area contributed by atoms with E-state index in [4.69, 9.17) is 9.97 Å². The van der Waals surface area contributed by atoms with Crippen LogP contribution in [0.15, 0.2) is 176 Å². The highest BCUT2D eigenvalue weighted by Gasteiger charge is 2.16. The average molecular weight is 666 g/mol. The van der Waals surface area contributed by atoms with Gasteiger partial charge in [-0.2, -0.15) is 0 Å². The first-order valence-electron chi connectivity index (χ1n) is 16.1. The van der Waals surface area contributed by atoms with Crippen molar-refractivity contribution in [1.82, 2.24) is 9.97 Å². The van der Waals surface area contributed by atoms with Crippen molar-refractivity contribution in [3.63, 3.8) is 0 Å². The van der Waals surface area contributed by atoms with Crippen LogP contribution in [-0.2, 0) is 0 Å². The lowest BCUT2D eigenvalue weighted by Crippen LogP contribution is -2.09. The van der Waals surface area contributed by atoms with Gasteiger partial charge in [0.05, 0.1) is 20.4 Å². The van der Waals surface area contributed by atoms with Crippen LogP contribution in [0, 0.1) is 0 Å². The van der Waals surface area contributed by atoms with Crippen molar-refractivity contribution < 1.29 is 0 Å². The Kier molecular flexibility index (Phi) is 8.51. The van der Waals surface area contributed by atoms with Gasteiger partial charge in [0, 0.05) is 28.2 Å². The third-order valence-corrected chi connectivity index (χ3v) is 10.5. The first-order chi connectivity index (χ1) is 24.2. The maximum absolute atomic E-state index is 4.95. The first kappa shape index (κ1) is 30.5. The number of nitrogens with zero attached hydrogens (tertiary/aromatic N) is 3. The normalized spacial score (nSPS) is 11.6. The number of anilines is 3. The van der Waals surface area contributed by atoms with Gasteiger partial charge in [0.1, 0.15) is 10.0 Å². The molecule has 0 saturated heterocycles. The van der Waals surface area contributed by atoms with Crippen molar-refractivity contribution in [2.45, 2.75) is 0 Å². The maximum Gasteiger partial charge on any atom is 0.124 e. The van der Waals surface area contributed by atoms with Crippen LogP contribution in [-0.4, -0.2) is 9.97 Å². The molecule has 0 aliphatic carbocycles. The number of thiazole rings is 2. The van der Waals surface area contributed by atoms with E-state index in [1.807, 2.05) is 30.4 Å². The van der Waals surface area contributed by atoms with Crippen molar-refractivity contribution in [1.29, 1.82) is 0 Å². The summed E-state index contributed by atoms with van der Waals surface area (Å²) < 4.78 is 2.35. The Bertz CT molecular complexity index is 2420. The fourth-order valence-electron chi connectivity index (χ4n) is 5.89. The fourth-order valence-corrected chi connectivity index (χ4v) is 7.86. The van der Waals surface area contributed by atoms with E-state index in [1.165, 1.54) is 10.3 Å². The molecule has 3 nitrogen and oxygen atoms in total. The average Bonchev–Trinajstić information content (AvgIpc) is 3.79. The summed E-state index contributed by atoms with van der Waals surface area (Å²) in [4.78, 5) is 12.2. The van der Waals surface area contributed by atoms with Crippen LogP contribution in [0.1, 0.15) is 5.56 Å². The molecule has 8 rings (SSSR count). The summed E-state index contributed by atoms with van der Waals surface area (Å²) in [7, 11) is 0. The molecule has 234 valence electrons. The lowest BCUT2D eigenvalue weighted by Gasteiger charge is -2.26. The molecule has 0 fully saturated rings. The van der Waals surface area contributed by atoms with Crippen molar-refractivity contribution in [2.75, 3.05) is 4.90 Å². The van der Waals surface area contributed by atoms with E-state index in [0.29, 0.717) is 0 Å². The summed E-state index contributed by atoms with van der Waals surface area (Å²) in [5.74, 6) is 0. The number of hydrogen-bond acceptors (Lipinski definition) is 5. The molecule has 5 heteroatoms. The molecule has 0 unspecified atom stereocenters.